The van der Waals surface area contributed by atoms with Crippen LogP contribution >= 0.6 is 0 Å². The first kappa shape index (κ1) is 17.7. The Morgan fingerprint density at radius 2 is 1.68 bits per heavy atom. The van der Waals surface area contributed by atoms with Crippen molar-refractivity contribution in [1.82, 2.24) is 9.80 Å². The van der Waals surface area contributed by atoms with Crippen LogP contribution < -0.4 is 4.74 Å². The zero-order valence-corrected chi connectivity index (χ0v) is 14.7. The van der Waals surface area contributed by atoms with Crippen molar-refractivity contribution in [2.45, 2.75) is 38.2 Å². The maximum absolute atomic E-state index is 12.4. The number of ether oxygens (including phenoxy) is 1. The molecule has 25 heavy (non-hydrogen) atoms. The van der Waals surface area contributed by atoms with E-state index in [0.717, 1.165) is 31.5 Å². The monoisotopic (exact) mass is 346 g/mol. The topological polar surface area (TPSA) is 70.1 Å². The second kappa shape index (κ2) is 7.44. The van der Waals surface area contributed by atoms with Crippen LogP contribution in [-0.4, -0.2) is 65.1 Å². The molecule has 0 spiro atoms. The van der Waals surface area contributed by atoms with Gasteiger partial charge in [-0.15, -0.1) is 0 Å². The van der Waals surface area contributed by atoms with Gasteiger partial charge in [0.1, 0.15) is 5.75 Å². The largest absolute Gasteiger partial charge is 0.478 e. The normalized spacial score (nSPS) is 20.4. The van der Waals surface area contributed by atoms with Crippen LogP contribution in [0.15, 0.2) is 24.3 Å². The Morgan fingerprint density at radius 3 is 2.24 bits per heavy atom. The lowest BCUT2D eigenvalue weighted by molar-refractivity contribution is -0.162. The number of rotatable bonds is 5. The lowest BCUT2D eigenvalue weighted by atomic mass is 9.91. The van der Waals surface area contributed by atoms with E-state index >= 15 is 0 Å². The minimum Gasteiger partial charge on any atom is -0.478 e. The predicted octanol–water partition coefficient (Wildman–Crippen LogP) is 1.92. The third-order valence-electron chi connectivity index (χ3n) is 5.21. The highest BCUT2D eigenvalue weighted by Gasteiger charge is 2.45. The van der Waals surface area contributed by atoms with Crippen LogP contribution in [0.5, 0.6) is 5.75 Å². The molecule has 3 rings (SSSR count). The van der Waals surface area contributed by atoms with E-state index in [9.17, 15) is 14.7 Å². The summed E-state index contributed by atoms with van der Waals surface area (Å²) in [4.78, 5) is 28.2. The van der Waals surface area contributed by atoms with Crippen LogP contribution in [0.4, 0.5) is 0 Å². The van der Waals surface area contributed by atoms with Gasteiger partial charge in [-0.05, 0) is 45.0 Å². The van der Waals surface area contributed by atoms with Gasteiger partial charge in [0.05, 0.1) is 6.54 Å². The lowest BCUT2D eigenvalue weighted by Gasteiger charge is -2.39. The molecule has 0 unspecified atom stereocenters. The quantitative estimate of drug-likeness (QED) is 0.882. The van der Waals surface area contributed by atoms with Crippen molar-refractivity contribution >= 4 is 11.9 Å². The van der Waals surface area contributed by atoms with E-state index in [0.29, 0.717) is 38.2 Å². The summed E-state index contributed by atoms with van der Waals surface area (Å²) in [7, 11) is 0. The number of aliphatic carboxylic acids is 1. The standard InChI is InChI=1S/C19H26N2O4/c1-15-4-6-16(7-5-15)25-19(18(23)24)8-12-21(13-9-19)17(22)14-20-10-2-3-11-20/h4-7H,2-3,8-14H2,1H3,(H,23,24). The molecule has 0 aromatic heterocycles. The highest BCUT2D eigenvalue weighted by atomic mass is 16.5. The van der Waals surface area contributed by atoms with Gasteiger partial charge < -0.3 is 14.7 Å². The highest BCUT2D eigenvalue weighted by molar-refractivity contribution is 5.81. The summed E-state index contributed by atoms with van der Waals surface area (Å²) in [5, 5.41) is 9.72. The number of nitrogens with zero attached hydrogens (tertiary/aromatic N) is 2. The lowest BCUT2D eigenvalue weighted by Crippen LogP contribution is -2.55. The minimum atomic E-state index is -1.25. The summed E-state index contributed by atoms with van der Waals surface area (Å²) >= 11 is 0. The maximum atomic E-state index is 12.4. The Bertz CT molecular complexity index is 615. The average molecular weight is 346 g/mol. The van der Waals surface area contributed by atoms with E-state index in [1.165, 1.54) is 0 Å². The molecule has 1 aromatic rings. The minimum absolute atomic E-state index is 0.0937. The van der Waals surface area contributed by atoms with Gasteiger partial charge in [-0.1, -0.05) is 17.7 Å². The molecule has 0 saturated carbocycles. The number of aryl methyl sites for hydroxylation is 1. The first-order chi connectivity index (χ1) is 12.0. The number of carboxylic acids is 1. The number of hydrogen-bond acceptors (Lipinski definition) is 4. The third-order valence-corrected chi connectivity index (χ3v) is 5.21. The van der Waals surface area contributed by atoms with E-state index in [1.807, 2.05) is 19.1 Å². The SMILES string of the molecule is Cc1ccc(OC2(C(=O)O)CCN(C(=O)CN3CCCC3)CC2)cc1. The van der Waals surface area contributed by atoms with Gasteiger partial charge in [0.25, 0.3) is 0 Å². The Balaban J connectivity index is 1.60. The number of hydrogen-bond donors (Lipinski definition) is 1. The summed E-state index contributed by atoms with van der Waals surface area (Å²) in [5.74, 6) is -0.305. The van der Waals surface area contributed by atoms with Crippen LogP contribution in [0.1, 0.15) is 31.2 Å². The Morgan fingerprint density at radius 1 is 1.08 bits per heavy atom. The number of amides is 1. The second-order valence-electron chi connectivity index (χ2n) is 7.08. The van der Waals surface area contributed by atoms with Crippen molar-refractivity contribution in [3.8, 4) is 5.75 Å². The fraction of sp³-hybridized carbons (Fsp3) is 0.579. The third kappa shape index (κ3) is 4.12. The van der Waals surface area contributed by atoms with Gasteiger partial charge in [-0.3, -0.25) is 9.69 Å². The van der Waals surface area contributed by atoms with E-state index < -0.39 is 11.6 Å². The number of likely N-dealkylation sites (tertiary alicyclic amines) is 2. The van der Waals surface area contributed by atoms with Crippen molar-refractivity contribution < 1.29 is 19.4 Å². The number of carbonyl (C=O) groups excluding carboxylic acids is 1. The van der Waals surface area contributed by atoms with E-state index in [4.69, 9.17) is 4.74 Å². The molecule has 1 aromatic carbocycles. The van der Waals surface area contributed by atoms with E-state index in [1.54, 1.807) is 17.0 Å². The molecule has 2 fully saturated rings. The molecule has 0 atom stereocenters. The van der Waals surface area contributed by atoms with Crippen LogP contribution in [-0.2, 0) is 9.59 Å². The van der Waals surface area contributed by atoms with Crippen molar-refractivity contribution in [3.05, 3.63) is 29.8 Å². The van der Waals surface area contributed by atoms with Crippen molar-refractivity contribution in [2.75, 3.05) is 32.7 Å². The maximum Gasteiger partial charge on any atom is 0.348 e. The van der Waals surface area contributed by atoms with Gasteiger partial charge in [-0.2, -0.15) is 0 Å². The summed E-state index contributed by atoms with van der Waals surface area (Å²) in [5.41, 5.74) is -0.154. The number of benzene rings is 1. The van der Waals surface area contributed by atoms with Gasteiger partial charge in [-0.25, -0.2) is 4.79 Å². The summed E-state index contributed by atoms with van der Waals surface area (Å²) in [6.45, 7) is 5.22. The average Bonchev–Trinajstić information content (AvgIpc) is 3.10. The van der Waals surface area contributed by atoms with Crippen molar-refractivity contribution in [3.63, 3.8) is 0 Å². The molecule has 2 saturated heterocycles. The molecular formula is C19H26N2O4. The predicted molar refractivity (Wildman–Crippen MR) is 93.7 cm³/mol. The molecule has 2 heterocycles. The van der Waals surface area contributed by atoms with Gasteiger partial charge in [0, 0.05) is 25.9 Å². The van der Waals surface area contributed by atoms with E-state index in [-0.39, 0.29) is 5.91 Å². The van der Waals surface area contributed by atoms with Crippen LogP contribution in [0.25, 0.3) is 0 Å². The van der Waals surface area contributed by atoms with Gasteiger partial charge in [0.15, 0.2) is 0 Å². The smallest absolute Gasteiger partial charge is 0.348 e. The highest BCUT2D eigenvalue weighted by Crippen LogP contribution is 2.29. The molecule has 6 heteroatoms. The molecular weight excluding hydrogens is 320 g/mol. The number of carboxylic acid groups (broad SMARTS) is 1. The Kier molecular flexibility index (Phi) is 5.27. The molecule has 0 aliphatic carbocycles. The second-order valence-corrected chi connectivity index (χ2v) is 7.08. The molecule has 0 radical (unpaired) electrons. The molecule has 2 aliphatic heterocycles. The van der Waals surface area contributed by atoms with Crippen LogP contribution in [0, 0.1) is 6.92 Å². The van der Waals surface area contributed by atoms with Gasteiger partial charge in [0.2, 0.25) is 11.5 Å². The number of piperidine rings is 1. The fourth-order valence-electron chi connectivity index (χ4n) is 3.54. The molecule has 6 nitrogen and oxygen atoms in total. The Labute approximate surface area is 148 Å². The van der Waals surface area contributed by atoms with Crippen molar-refractivity contribution in [1.29, 1.82) is 0 Å². The zero-order chi connectivity index (χ0) is 17.9. The van der Waals surface area contributed by atoms with Crippen LogP contribution in [0.2, 0.25) is 0 Å². The molecule has 2 aliphatic rings. The van der Waals surface area contributed by atoms with Crippen LogP contribution in [0.3, 0.4) is 0 Å². The molecule has 1 amide bonds. The first-order valence-corrected chi connectivity index (χ1v) is 8.98. The van der Waals surface area contributed by atoms with E-state index in [2.05, 4.69) is 4.90 Å². The van der Waals surface area contributed by atoms with Crippen molar-refractivity contribution in [2.24, 2.45) is 0 Å². The fourth-order valence-corrected chi connectivity index (χ4v) is 3.54. The molecule has 1 N–H and O–H groups in total. The molecule has 0 bridgehead atoms. The Hall–Kier alpha value is -2.08. The van der Waals surface area contributed by atoms with Gasteiger partial charge >= 0.3 is 5.97 Å². The summed E-state index contributed by atoms with van der Waals surface area (Å²) < 4.78 is 5.87. The first-order valence-electron chi connectivity index (χ1n) is 8.98. The summed E-state index contributed by atoms with van der Waals surface area (Å²) in [6.07, 6.45) is 2.92. The number of carbonyl (C=O) groups is 2. The zero-order valence-electron chi connectivity index (χ0n) is 14.7. The molecule has 136 valence electrons. The summed E-state index contributed by atoms with van der Waals surface area (Å²) in [6, 6.07) is 7.40.